The van der Waals surface area contributed by atoms with E-state index in [4.69, 9.17) is 11.6 Å². The normalized spacial score (nSPS) is 23.8. The van der Waals surface area contributed by atoms with E-state index >= 15 is 0 Å². The zero-order chi connectivity index (χ0) is 13.0. The van der Waals surface area contributed by atoms with Crippen LogP contribution in [0, 0.1) is 0 Å². The lowest BCUT2D eigenvalue weighted by Crippen LogP contribution is -2.39. The first-order valence-electron chi connectivity index (χ1n) is 6.63. The number of aromatic nitrogens is 1. The van der Waals surface area contributed by atoms with E-state index in [0.717, 1.165) is 23.7 Å². The average molecular weight is 289 g/mol. The predicted octanol–water partition coefficient (Wildman–Crippen LogP) is 3.18. The van der Waals surface area contributed by atoms with Crippen LogP contribution in [0.3, 0.4) is 0 Å². The van der Waals surface area contributed by atoms with Gasteiger partial charge in [0.05, 0.1) is 24.2 Å². The van der Waals surface area contributed by atoms with Crippen molar-refractivity contribution in [1.29, 1.82) is 0 Å². The molecule has 102 valence electrons. The summed E-state index contributed by atoms with van der Waals surface area (Å²) in [7, 11) is 0. The van der Waals surface area contributed by atoms with E-state index in [1.165, 1.54) is 19.3 Å². The van der Waals surface area contributed by atoms with Gasteiger partial charge in [-0.05, 0) is 26.3 Å². The van der Waals surface area contributed by atoms with Gasteiger partial charge in [-0.1, -0.05) is 12.8 Å². The molecule has 0 saturated carbocycles. The molecule has 1 aromatic rings. The molecule has 1 N–H and O–H groups in total. The van der Waals surface area contributed by atoms with E-state index in [1.54, 1.807) is 11.3 Å². The van der Waals surface area contributed by atoms with Gasteiger partial charge in [-0.15, -0.1) is 22.9 Å². The Labute approximate surface area is 118 Å². The Balaban J connectivity index is 2.11. The van der Waals surface area contributed by atoms with Gasteiger partial charge in [0.15, 0.2) is 0 Å². The molecule has 1 aromatic heterocycles. The summed E-state index contributed by atoms with van der Waals surface area (Å²) in [6.45, 7) is 3.49. The van der Waals surface area contributed by atoms with Gasteiger partial charge in [-0.2, -0.15) is 0 Å². The number of alkyl halides is 1. The molecule has 5 heteroatoms. The van der Waals surface area contributed by atoms with Crippen molar-refractivity contribution in [2.75, 3.05) is 13.2 Å². The lowest BCUT2D eigenvalue weighted by Gasteiger charge is -2.33. The lowest BCUT2D eigenvalue weighted by molar-refractivity contribution is 0.0909. The largest absolute Gasteiger partial charge is 0.395 e. The molecular weight excluding hydrogens is 268 g/mol. The van der Waals surface area contributed by atoms with Crippen molar-refractivity contribution in [3.63, 3.8) is 0 Å². The SMILES string of the molecule is CC(c1nc(CCl)cs1)N1CCCCCC1CO. The first kappa shape index (κ1) is 14.3. The minimum Gasteiger partial charge on any atom is -0.395 e. The molecule has 0 radical (unpaired) electrons. The average Bonchev–Trinajstić information content (AvgIpc) is 2.75. The number of rotatable bonds is 4. The van der Waals surface area contributed by atoms with Gasteiger partial charge < -0.3 is 5.11 Å². The molecule has 0 bridgehead atoms. The van der Waals surface area contributed by atoms with Gasteiger partial charge in [-0.3, -0.25) is 4.90 Å². The summed E-state index contributed by atoms with van der Waals surface area (Å²) < 4.78 is 0. The van der Waals surface area contributed by atoms with E-state index < -0.39 is 0 Å². The fourth-order valence-corrected chi connectivity index (χ4v) is 3.75. The summed E-state index contributed by atoms with van der Waals surface area (Å²) in [6, 6.07) is 0.563. The summed E-state index contributed by atoms with van der Waals surface area (Å²) in [5.41, 5.74) is 0.957. The Morgan fingerprint density at radius 2 is 2.39 bits per heavy atom. The number of likely N-dealkylation sites (tertiary alicyclic amines) is 1. The van der Waals surface area contributed by atoms with E-state index in [2.05, 4.69) is 16.8 Å². The van der Waals surface area contributed by atoms with Crippen LogP contribution in [0.1, 0.15) is 49.4 Å². The van der Waals surface area contributed by atoms with Crippen molar-refractivity contribution >= 4 is 22.9 Å². The van der Waals surface area contributed by atoms with Crippen LogP contribution in [-0.2, 0) is 5.88 Å². The molecule has 1 aliphatic rings. The fourth-order valence-electron chi connectivity index (χ4n) is 2.62. The Morgan fingerprint density at radius 1 is 1.56 bits per heavy atom. The summed E-state index contributed by atoms with van der Waals surface area (Å²) in [5.74, 6) is 0.479. The van der Waals surface area contributed by atoms with Crippen LogP contribution < -0.4 is 0 Å². The highest BCUT2D eigenvalue weighted by molar-refractivity contribution is 7.09. The number of nitrogens with zero attached hydrogens (tertiary/aromatic N) is 2. The maximum atomic E-state index is 9.55. The zero-order valence-corrected chi connectivity index (χ0v) is 12.4. The summed E-state index contributed by atoms with van der Waals surface area (Å²) in [5, 5.41) is 12.7. The quantitative estimate of drug-likeness (QED) is 0.865. The topological polar surface area (TPSA) is 36.4 Å². The molecule has 18 heavy (non-hydrogen) atoms. The van der Waals surface area contributed by atoms with Crippen molar-refractivity contribution in [3.05, 3.63) is 16.1 Å². The minimum atomic E-state index is 0.248. The molecule has 3 nitrogen and oxygen atoms in total. The molecule has 2 atom stereocenters. The Hall–Kier alpha value is -0.160. The molecule has 2 unspecified atom stereocenters. The van der Waals surface area contributed by atoms with Gasteiger partial charge in [0.1, 0.15) is 5.01 Å². The molecule has 1 fully saturated rings. The van der Waals surface area contributed by atoms with Crippen LogP contribution in [-0.4, -0.2) is 34.2 Å². The lowest BCUT2D eigenvalue weighted by atomic mass is 10.1. The smallest absolute Gasteiger partial charge is 0.110 e. The van der Waals surface area contributed by atoms with Gasteiger partial charge in [0.2, 0.25) is 0 Å². The number of hydrogen-bond acceptors (Lipinski definition) is 4. The van der Waals surface area contributed by atoms with Gasteiger partial charge >= 0.3 is 0 Å². The molecule has 2 heterocycles. The molecule has 2 rings (SSSR count). The van der Waals surface area contributed by atoms with Crippen LogP contribution in [0.25, 0.3) is 0 Å². The maximum absolute atomic E-state index is 9.55. The number of aliphatic hydroxyl groups is 1. The van der Waals surface area contributed by atoms with Crippen LogP contribution in [0.2, 0.25) is 0 Å². The fraction of sp³-hybridized carbons (Fsp3) is 0.769. The standard InChI is InChI=1S/C13H21ClN2OS/c1-10(13-15-11(7-14)9-18-13)16-6-4-2-3-5-12(16)8-17/h9-10,12,17H,2-8H2,1H3. The van der Waals surface area contributed by atoms with E-state index in [0.29, 0.717) is 5.88 Å². The van der Waals surface area contributed by atoms with E-state index in [1.807, 2.05) is 5.38 Å². The first-order chi connectivity index (χ1) is 8.76. The second-order valence-corrected chi connectivity index (χ2v) is 6.07. The monoisotopic (exact) mass is 288 g/mol. The summed E-state index contributed by atoms with van der Waals surface area (Å²) in [4.78, 5) is 6.97. The van der Waals surface area contributed by atoms with Gasteiger partial charge in [-0.25, -0.2) is 4.98 Å². The maximum Gasteiger partial charge on any atom is 0.110 e. The molecule has 0 aromatic carbocycles. The van der Waals surface area contributed by atoms with Crippen LogP contribution >= 0.6 is 22.9 Å². The molecule has 0 amide bonds. The zero-order valence-electron chi connectivity index (χ0n) is 10.8. The number of halogens is 1. The highest BCUT2D eigenvalue weighted by Crippen LogP contribution is 2.29. The third-order valence-corrected chi connectivity index (χ3v) is 5.03. The third-order valence-electron chi connectivity index (χ3n) is 3.69. The Morgan fingerprint density at radius 3 is 3.06 bits per heavy atom. The summed E-state index contributed by atoms with van der Waals surface area (Å²) >= 11 is 7.48. The minimum absolute atomic E-state index is 0.248. The second-order valence-electron chi connectivity index (χ2n) is 4.91. The molecule has 1 aliphatic heterocycles. The summed E-state index contributed by atoms with van der Waals surface area (Å²) in [6.07, 6.45) is 4.80. The Kier molecular flexibility index (Phi) is 5.42. The van der Waals surface area contributed by atoms with Crippen molar-refractivity contribution in [1.82, 2.24) is 9.88 Å². The van der Waals surface area contributed by atoms with Crippen molar-refractivity contribution < 1.29 is 5.11 Å². The Bertz CT molecular complexity index is 372. The van der Waals surface area contributed by atoms with Crippen molar-refractivity contribution in [2.45, 2.75) is 50.6 Å². The molecule has 1 saturated heterocycles. The van der Waals surface area contributed by atoms with Crippen LogP contribution in [0.15, 0.2) is 5.38 Å². The van der Waals surface area contributed by atoms with Gasteiger partial charge in [0.25, 0.3) is 0 Å². The van der Waals surface area contributed by atoms with Crippen LogP contribution in [0.4, 0.5) is 0 Å². The van der Waals surface area contributed by atoms with Gasteiger partial charge in [0, 0.05) is 11.4 Å². The first-order valence-corrected chi connectivity index (χ1v) is 8.04. The number of hydrogen-bond donors (Lipinski definition) is 1. The van der Waals surface area contributed by atoms with E-state index in [-0.39, 0.29) is 18.7 Å². The highest BCUT2D eigenvalue weighted by atomic mass is 35.5. The van der Waals surface area contributed by atoms with Crippen molar-refractivity contribution in [3.8, 4) is 0 Å². The number of aliphatic hydroxyl groups excluding tert-OH is 1. The molecular formula is C13H21ClN2OS. The van der Waals surface area contributed by atoms with E-state index in [9.17, 15) is 5.11 Å². The molecule has 0 aliphatic carbocycles. The number of thiazole rings is 1. The molecule has 0 spiro atoms. The van der Waals surface area contributed by atoms with Crippen LogP contribution in [0.5, 0.6) is 0 Å². The third kappa shape index (κ3) is 3.23. The predicted molar refractivity (Wildman–Crippen MR) is 76.1 cm³/mol. The highest BCUT2D eigenvalue weighted by Gasteiger charge is 2.27. The van der Waals surface area contributed by atoms with Crippen molar-refractivity contribution in [2.24, 2.45) is 0 Å². The second kappa shape index (κ2) is 6.85.